The van der Waals surface area contributed by atoms with Gasteiger partial charge in [-0.1, -0.05) is 18.2 Å². The van der Waals surface area contributed by atoms with Gasteiger partial charge in [-0.05, 0) is 43.0 Å². The molecule has 2 aromatic rings. The van der Waals surface area contributed by atoms with Crippen LogP contribution >= 0.6 is 0 Å². The van der Waals surface area contributed by atoms with Crippen LogP contribution in [0.1, 0.15) is 28.9 Å². The number of hydrogen-bond donors (Lipinski definition) is 1. The van der Waals surface area contributed by atoms with Crippen LogP contribution in [0.4, 0.5) is 13.2 Å². The van der Waals surface area contributed by atoms with Crippen molar-refractivity contribution in [1.29, 1.82) is 0 Å². The van der Waals surface area contributed by atoms with Crippen molar-refractivity contribution >= 4 is 5.91 Å². The smallest absolute Gasteiger partial charge is 0.381 e. The third kappa shape index (κ3) is 4.60. The van der Waals surface area contributed by atoms with Crippen molar-refractivity contribution in [3.8, 4) is 11.3 Å². The molecular formula is C19H19F3N2O2. The summed E-state index contributed by atoms with van der Waals surface area (Å²) in [5, 5.41) is 2.86. The van der Waals surface area contributed by atoms with E-state index in [9.17, 15) is 18.0 Å². The molecule has 3 rings (SSSR count). The lowest BCUT2D eigenvalue weighted by Crippen LogP contribution is -2.26. The van der Waals surface area contributed by atoms with E-state index in [4.69, 9.17) is 4.74 Å². The summed E-state index contributed by atoms with van der Waals surface area (Å²) in [6, 6.07) is 10.1. The molecule has 1 saturated heterocycles. The Hall–Kier alpha value is -2.41. The maximum absolute atomic E-state index is 12.8. The molecule has 1 atom stereocenters. The Kier molecular flexibility index (Phi) is 5.56. The molecule has 26 heavy (non-hydrogen) atoms. The van der Waals surface area contributed by atoms with Crippen molar-refractivity contribution in [2.24, 2.45) is 5.92 Å². The summed E-state index contributed by atoms with van der Waals surface area (Å²) >= 11 is 0. The van der Waals surface area contributed by atoms with Crippen molar-refractivity contribution in [3.63, 3.8) is 0 Å². The van der Waals surface area contributed by atoms with Gasteiger partial charge in [-0.15, -0.1) is 0 Å². The van der Waals surface area contributed by atoms with Gasteiger partial charge in [0.1, 0.15) is 5.69 Å². The van der Waals surface area contributed by atoms with Crippen LogP contribution in [0.25, 0.3) is 11.3 Å². The van der Waals surface area contributed by atoms with Crippen molar-refractivity contribution in [3.05, 3.63) is 53.7 Å². The first-order valence-corrected chi connectivity index (χ1v) is 8.44. The summed E-state index contributed by atoms with van der Waals surface area (Å²) in [5.41, 5.74) is 0.264. The molecule has 2 heterocycles. The van der Waals surface area contributed by atoms with Gasteiger partial charge in [0.05, 0.1) is 5.69 Å². The summed E-state index contributed by atoms with van der Waals surface area (Å²) in [4.78, 5) is 15.8. The number of carbonyl (C=O) groups is 1. The van der Waals surface area contributed by atoms with Gasteiger partial charge in [-0.25, -0.2) is 4.98 Å². The lowest BCUT2D eigenvalue weighted by atomic mass is 10.0. The van der Waals surface area contributed by atoms with Gasteiger partial charge in [0.15, 0.2) is 0 Å². The molecule has 1 aromatic heterocycles. The van der Waals surface area contributed by atoms with E-state index in [0.717, 1.165) is 32.1 Å². The number of nitrogens with zero attached hydrogens (tertiary/aromatic N) is 1. The van der Waals surface area contributed by atoms with Crippen molar-refractivity contribution in [2.75, 3.05) is 19.8 Å². The van der Waals surface area contributed by atoms with E-state index >= 15 is 0 Å². The van der Waals surface area contributed by atoms with Crippen LogP contribution in [0, 0.1) is 5.92 Å². The van der Waals surface area contributed by atoms with Crippen molar-refractivity contribution in [1.82, 2.24) is 10.3 Å². The highest BCUT2D eigenvalue weighted by atomic mass is 19.4. The summed E-state index contributed by atoms with van der Waals surface area (Å²) < 4.78 is 43.6. The van der Waals surface area contributed by atoms with E-state index in [0.29, 0.717) is 23.6 Å². The Morgan fingerprint density at radius 1 is 1.19 bits per heavy atom. The van der Waals surface area contributed by atoms with Gasteiger partial charge in [0, 0.05) is 30.9 Å². The van der Waals surface area contributed by atoms with Crippen LogP contribution in [-0.4, -0.2) is 30.6 Å². The summed E-state index contributed by atoms with van der Waals surface area (Å²) in [6.45, 7) is 2.10. The fraction of sp³-hybridized carbons (Fsp3) is 0.368. The van der Waals surface area contributed by atoms with Gasteiger partial charge >= 0.3 is 6.18 Å². The SMILES string of the molecule is O=C(NCCC1CCOC1)c1ccc(-c2cccc(C(F)(F)F)n2)cc1. The molecule has 4 nitrogen and oxygen atoms in total. The van der Waals surface area contributed by atoms with E-state index in [1.807, 2.05) is 0 Å². The fourth-order valence-corrected chi connectivity index (χ4v) is 2.85. The fourth-order valence-electron chi connectivity index (χ4n) is 2.85. The Bertz CT molecular complexity index is 754. The van der Waals surface area contributed by atoms with Crippen molar-refractivity contribution in [2.45, 2.75) is 19.0 Å². The van der Waals surface area contributed by atoms with E-state index in [1.165, 1.54) is 12.1 Å². The topological polar surface area (TPSA) is 51.2 Å². The second-order valence-corrected chi connectivity index (χ2v) is 6.26. The zero-order valence-electron chi connectivity index (χ0n) is 14.1. The molecule has 1 aliphatic rings. The number of nitrogens with one attached hydrogen (secondary N) is 1. The summed E-state index contributed by atoms with van der Waals surface area (Å²) in [7, 11) is 0. The maximum atomic E-state index is 12.8. The van der Waals surface area contributed by atoms with Gasteiger partial charge in [-0.3, -0.25) is 4.79 Å². The number of amides is 1. The first-order chi connectivity index (χ1) is 12.4. The quantitative estimate of drug-likeness (QED) is 0.875. The highest BCUT2D eigenvalue weighted by molar-refractivity contribution is 5.94. The molecule has 0 spiro atoms. The minimum atomic E-state index is -4.49. The molecule has 1 amide bonds. The molecule has 7 heteroatoms. The highest BCUT2D eigenvalue weighted by Crippen LogP contribution is 2.29. The van der Waals surface area contributed by atoms with Crippen LogP contribution < -0.4 is 5.32 Å². The number of hydrogen-bond acceptors (Lipinski definition) is 3. The molecule has 0 saturated carbocycles. The van der Waals surface area contributed by atoms with Crippen molar-refractivity contribution < 1.29 is 22.7 Å². The monoisotopic (exact) mass is 364 g/mol. The second kappa shape index (κ2) is 7.86. The third-order valence-electron chi connectivity index (χ3n) is 4.34. The Morgan fingerprint density at radius 2 is 1.96 bits per heavy atom. The lowest BCUT2D eigenvalue weighted by Gasteiger charge is -2.10. The number of benzene rings is 1. The van der Waals surface area contributed by atoms with Crippen LogP contribution in [0.3, 0.4) is 0 Å². The van der Waals surface area contributed by atoms with E-state index < -0.39 is 11.9 Å². The molecule has 1 N–H and O–H groups in total. The average Bonchev–Trinajstić information content (AvgIpc) is 3.15. The first-order valence-electron chi connectivity index (χ1n) is 8.44. The van der Waals surface area contributed by atoms with E-state index in [2.05, 4.69) is 10.3 Å². The maximum Gasteiger partial charge on any atom is 0.433 e. The van der Waals surface area contributed by atoms with Gasteiger partial charge in [0.2, 0.25) is 0 Å². The predicted molar refractivity (Wildman–Crippen MR) is 90.6 cm³/mol. The molecule has 1 fully saturated rings. The molecule has 138 valence electrons. The van der Waals surface area contributed by atoms with Gasteiger partial charge < -0.3 is 10.1 Å². The second-order valence-electron chi connectivity index (χ2n) is 6.26. The number of rotatable bonds is 5. The zero-order chi connectivity index (χ0) is 18.6. The van der Waals surface area contributed by atoms with Crippen LogP contribution in [0.5, 0.6) is 0 Å². The molecule has 0 radical (unpaired) electrons. The molecule has 1 aromatic carbocycles. The van der Waals surface area contributed by atoms with Crippen LogP contribution in [-0.2, 0) is 10.9 Å². The standard InChI is InChI=1S/C19H19F3N2O2/c20-19(21,22)17-3-1-2-16(24-17)14-4-6-15(7-5-14)18(25)23-10-8-13-9-11-26-12-13/h1-7,13H,8-12H2,(H,23,25). The van der Waals surface area contributed by atoms with E-state index in [1.54, 1.807) is 24.3 Å². The molecule has 1 unspecified atom stereocenters. The number of halogens is 3. The number of aromatic nitrogens is 1. The molecule has 1 aliphatic heterocycles. The predicted octanol–water partition coefficient (Wildman–Crippen LogP) is 3.92. The normalized spacial score (nSPS) is 17.3. The number of pyridine rings is 1. The van der Waals surface area contributed by atoms with Gasteiger partial charge in [0.25, 0.3) is 5.91 Å². The Labute approximate surface area is 149 Å². The lowest BCUT2D eigenvalue weighted by molar-refractivity contribution is -0.141. The largest absolute Gasteiger partial charge is 0.433 e. The Balaban J connectivity index is 1.61. The molecule has 0 aliphatic carbocycles. The molecular weight excluding hydrogens is 345 g/mol. The Morgan fingerprint density at radius 3 is 2.62 bits per heavy atom. The minimum Gasteiger partial charge on any atom is -0.381 e. The number of carbonyl (C=O) groups excluding carboxylic acids is 1. The average molecular weight is 364 g/mol. The third-order valence-corrected chi connectivity index (χ3v) is 4.34. The molecule has 0 bridgehead atoms. The zero-order valence-corrected chi connectivity index (χ0v) is 14.1. The van der Waals surface area contributed by atoms with Gasteiger partial charge in [-0.2, -0.15) is 13.2 Å². The highest BCUT2D eigenvalue weighted by Gasteiger charge is 2.32. The first kappa shape index (κ1) is 18.4. The summed E-state index contributed by atoms with van der Waals surface area (Å²) in [5.74, 6) is 0.289. The van der Waals surface area contributed by atoms with E-state index in [-0.39, 0.29) is 11.6 Å². The van der Waals surface area contributed by atoms with Crippen LogP contribution in [0.15, 0.2) is 42.5 Å². The number of ether oxygens (including phenoxy) is 1. The van der Waals surface area contributed by atoms with Crippen LogP contribution in [0.2, 0.25) is 0 Å². The summed E-state index contributed by atoms with van der Waals surface area (Å²) in [6.07, 6.45) is -2.59. The minimum absolute atomic E-state index is 0.201. The number of alkyl halides is 3.